The zero-order chi connectivity index (χ0) is 14.2. The molecule has 0 saturated heterocycles. The average Bonchev–Trinajstić information content (AvgIpc) is 3.19. The molecule has 0 unspecified atom stereocenters. The fourth-order valence-corrected chi connectivity index (χ4v) is 3.82. The van der Waals surface area contributed by atoms with E-state index in [1.807, 2.05) is 52.5 Å². The Morgan fingerprint density at radius 2 is 1.48 bits per heavy atom. The molecule has 0 fully saturated rings. The van der Waals surface area contributed by atoms with Crippen LogP contribution in [0, 0.1) is 0 Å². The van der Waals surface area contributed by atoms with Gasteiger partial charge in [0.15, 0.2) is 0 Å². The van der Waals surface area contributed by atoms with Gasteiger partial charge < -0.3 is 4.42 Å². The van der Waals surface area contributed by atoms with Crippen LogP contribution in [0.4, 0.5) is 0 Å². The summed E-state index contributed by atoms with van der Waals surface area (Å²) >= 11 is 3.20. The summed E-state index contributed by atoms with van der Waals surface area (Å²) in [6, 6.07) is 11.7. The van der Waals surface area contributed by atoms with E-state index in [1.165, 1.54) is 0 Å². The van der Waals surface area contributed by atoms with Gasteiger partial charge in [-0.2, -0.15) is 22.7 Å². The van der Waals surface area contributed by atoms with Crippen molar-refractivity contribution in [2.24, 2.45) is 0 Å². The van der Waals surface area contributed by atoms with Crippen LogP contribution >= 0.6 is 22.7 Å². The van der Waals surface area contributed by atoms with Crippen molar-refractivity contribution >= 4 is 33.6 Å². The quantitative estimate of drug-likeness (QED) is 0.473. The highest BCUT2D eigenvalue weighted by Gasteiger charge is 2.18. The highest BCUT2D eigenvalue weighted by Crippen LogP contribution is 2.37. The molecule has 0 spiro atoms. The van der Waals surface area contributed by atoms with Crippen molar-refractivity contribution in [3.8, 4) is 22.3 Å². The van der Waals surface area contributed by atoms with Crippen molar-refractivity contribution in [2.75, 3.05) is 0 Å². The Morgan fingerprint density at radius 3 is 2.14 bits per heavy atom. The van der Waals surface area contributed by atoms with Crippen LogP contribution in [0.2, 0.25) is 0 Å². The SMILES string of the molecule is O=c1oc2ccccc2c(-c2ccsc2)c1-c1ccsc1. The Kier molecular flexibility index (Phi) is 2.98. The van der Waals surface area contributed by atoms with Gasteiger partial charge >= 0.3 is 5.63 Å². The second-order valence-corrected chi connectivity index (χ2v) is 6.22. The lowest BCUT2D eigenvalue weighted by Gasteiger charge is -2.09. The second-order valence-electron chi connectivity index (χ2n) is 4.66. The lowest BCUT2D eigenvalue weighted by molar-refractivity contribution is 0.564. The van der Waals surface area contributed by atoms with Gasteiger partial charge in [0.2, 0.25) is 0 Å². The lowest BCUT2D eigenvalue weighted by Crippen LogP contribution is -2.05. The van der Waals surface area contributed by atoms with Gasteiger partial charge in [-0.1, -0.05) is 18.2 Å². The van der Waals surface area contributed by atoms with E-state index in [2.05, 4.69) is 5.38 Å². The number of hydrogen-bond donors (Lipinski definition) is 0. The molecule has 0 aliphatic heterocycles. The predicted octanol–water partition coefficient (Wildman–Crippen LogP) is 5.25. The molecule has 0 N–H and O–H groups in total. The zero-order valence-corrected chi connectivity index (χ0v) is 12.5. The van der Waals surface area contributed by atoms with Crippen LogP contribution in [0.25, 0.3) is 33.2 Å². The van der Waals surface area contributed by atoms with Crippen LogP contribution in [0.1, 0.15) is 0 Å². The molecule has 0 atom stereocenters. The van der Waals surface area contributed by atoms with Crippen molar-refractivity contribution in [3.05, 3.63) is 68.3 Å². The first-order valence-corrected chi connectivity index (χ1v) is 8.34. The first kappa shape index (κ1) is 12.6. The fraction of sp³-hybridized carbons (Fsp3) is 0. The van der Waals surface area contributed by atoms with Gasteiger partial charge in [0.1, 0.15) is 5.58 Å². The van der Waals surface area contributed by atoms with Crippen LogP contribution in [0.15, 0.2) is 67.1 Å². The van der Waals surface area contributed by atoms with Gasteiger partial charge in [0.25, 0.3) is 0 Å². The summed E-state index contributed by atoms with van der Waals surface area (Å²) < 4.78 is 5.51. The number of thiophene rings is 2. The highest BCUT2D eigenvalue weighted by molar-refractivity contribution is 7.08. The van der Waals surface area contributed by atoms with Crippen molar-refractivity contribution in [1.29, 1.82) is 0 Å². The maximum absolute atomic E-state index is 12.5. The first-order valence-electron chi connectivity index (χ1n) is 6.45. The average molecular weight is 310 g/mol. The topological polar surface area (TPSA) is 30.2 Å². The molecule has 4 heteroatoms. The molecule has 0 bridgehead atoms. The Morgan fingerprint density at radius 1 is 0.810 bits per heavy atom. The van der Waals surface area contributed by atoms with Gasteiger partial charge in [0.05, 0.1) is 5.56 Å². The number of benzene rings is 1. The summed E-state index contributed by atoms with van der Waals surface area (Å²) in [5.74, 6) is 0. The minimum Gasteiger partial charge on any atom is -0.422 e. The van der Waals surface area contributed by atoms with E-state index in [1.54, 1.807) is 22.7 Å². The monoisotopic (exact) mass is 310 g/mol. The van der Waals surface area contributed by atoms with E-state index in [4.69, 9.17) is 4.42 Å². The summed E-state index contributed by atoms with van der Waals surface area (Å²) in [5, 5.41) is 9.02. The molecule has 4 aromatic rings. The van der Waals surface area contributed by atoms with E-state index >= 15 is 0 Å². The standard InChI is InChI=1S/C17H10O2S2/c18-17-16(12-6-8-21-10-12)15(11-5-7-20-9-11)13-3-1-2-4-14(13)19-17/h1-10H. The van der Waals surface area contributed by atoms with Gasteiger partial charge in [-0.15, -0.1) is 0 Å². The van der Waals surface area contributed by atoms with Gasteiger partial charge in [0, 0.05) is 16.5 Å². The molecule has 3 heterocycles. The van der Waals surface area contributed by atoms with Crippen LogP contribution in [0.5, 0.6) is 0 Å². The van der Waals surface area contributed by atoms with Crippen molar-refractivity contribution < 1.29 is 4.42 Å². The summed E-state index contributed by atoms with van der Waals surface area (Å²) in [6.07, 6.45) is 0. The smallest absolute Gasteiger partial charge is 0.344 e. The summed E-state index contributed by atoms with van der Waals surface area (Å²) in [7, 11) is 0. The molecule has 21 heavy (non-hydrogen) atoms. The van der Waals surface area contributed by atoms with Gasteiger partial charge in [-0.3, -0.25) is 0 Å². The molecule has 3 aromatic heterocycles. The number of rotatable bonds is 2. The second kappa shape index (κ2) is 4.98. The molecule has 0 saturated carbocycles. The van der Waals surface area contributed by atoms with Crippen molar-refractivity contribution in [3.63, 3.8) is 0 Å². The van der Waals surface area contributed by atoms with E-state index in [0.717, 1.165) is 22.1 Å². The zero-order valence-electron chi connectivity index (χ0n) is 10.9. The number of fused-ring (bicyclic) bond motifs is 1. The minimum atomic E-state index is -0.284. The molecule has 2 nitrogen and oxygen atoms in total. The molecular formula is C17H10O2S2. The van der Waals surface area contributed by atoms with Crippen LogP contribution < -0.4 is 5.63 Å². The fourth-order valence-electron chi connectivity index (χ4n) is 2.53. The lowest BCUT2D eigenvalue weighted by atomic mass is 9.96. The molecule has 0 aliphatic rings. The van der Waals surface area contributed by atoms with Crippen LogP contribution in [-0.4, -0.2) is 0 Å². The number of para-hydroxylation sites is 1. The normalized spacial score (nSPS) is 11.0. The third kappa shape index (κ3) is 2.04. The van der Waals surface area contributed by atoms with Crippen LogP contribution in [-0.2, 0) is 0 Å². The molecule has 0 aliphatic carbocycles. The minimum absolute atomic E-state index is 0.284. The molecule has 102 valence electrons. The van der Waals surface area contributed by atoms with Crippen molar-refractivity contribution in [1.82, 2.24) is 0 Å². The Labute approximate surface area is 128 Å². The summed E-state index contributed by atoms with van der Waals surface area (Å²) in [5.41, 5.74) is 3.93. The molecule has 0 radical (unpaired) electrons. The summed E-state index contributed by atoms with van der Waals surface area (Å²) in [6.45, 7) is 0. The maximum Gasteiger partial charge on any atom is 0.344 e. The van der Waals surface area contributed by atoms with Crippen molar-refractivity contribution in [2.45, 2.75) is 0 Å². The predicted molar refractivity (Wildman–Crippen MR) is 89.1 cm³/mol. The van der Waals surface area contributed by atoms with E-state index in [9.17, 15) is 4.79 Å². The van der Waals surface area contributed by atoms with E-state index in [-0.39, 0.29) is 5.63 Å². The maximum atomic E-state index is 12.5. The Bertz CT molecular complexity index is 948. The third-order valence-corrected chi connectivity index (χ3v) is 4.80. The van der Waals surface area contributed by atoms with Crippen LogP contribution in [0.3, 0.4) is 0 Å². The van der Waals surface area contributed by atoms with E-state index in [0.29, 0.717) is 11.1 Å². The highest BCUT2D eigenvalue weighted by atomic mass is 32.1. The molecule has 0 amide bonds. The third-order valence-electron chi connectivity index (χ3n) is 3.43. The summed E-state index contributed by atoms with van der Waals surface area (Å²) in [4.78, 5) is 12.5. The van der Waals surface area contributed by atoms with E-state index < -0.39 is 0 Å². The van der Waals surface area contributed by atoms with Gasteiger partial charge in [-0.05, 0) is 45.3 Å². The largest absolute Gasteiger partial charge is 0.422 e. The number of hydrogen-bond acceptors (Lipinski definition) is 4. The molecule has 4 rings (SSSR count). The molecular weight excluding hydrogens is 300 g/mol. The Balaban J connectivity index is 2.20. The molecule has 1 aromatic carbocycles. The Hall–Kier alpha value is -2.17. The van der Waals surface area contributed by atoms with Gasteiger partial charge in [-0.25, -0.2) is 4.79 Å². The first-order chi connectivity index (χ1) is 10.3.